The van der Waals surface area contributed by atoms with Gasteiger partial charge in [0, 0.05) is 24.2 Å². The summed E-state index contributed by atoms with van der Waals surface area (Å²) < 4.78 is 25.1. The van der Waals surface area contributed by atoms with Crippen LogP contribution in [-0.4, -0.2) is 32.4 Å². The van der Waals surface area contributed by atoms with E-state index in [4.69, 9.17) is 9.47 Å². The van der Waals surface area contributed by atoms with Crippen LogP contribution in [0.15, 0.2) is 22.7 Å². The van der Waals surface area contributed by atoms with Crippen molar-refractivity contribution in [1.29, 1.82) is 0 Å². The molecule has 0 aliphatic carbocycles. The summed E-state index contributed by atoms with van der Waals surface area (Å²) in [6, 6.07) is 4.68. The molecule has 0 saturated heterocycles. The van der Waals surface area contributed by atoms with E-state index in [0.717, 1.165) is 30.7 Å². The highest BCUT2D eigenvalue weighted by Crippen LogP contribution is 2.23. The molecule has 1 aromatic carbocycles. The van der Waals surface area contributed by atoms with E-state index < -0.39 is 0 Å². The van der Waals surface area contributed by atoms with Crippen LogP contribution in [0, 0.1) is 5.82 Å². The first-order chi connectivity index (χ1) is 9.13. The first-order valence-corrected chi connectivity index (χ1v) is 7.33. The van der Waals surface area contributed by atoms with E-state index in [-0.39, 0.29) is 17.7 Å². The molecule has 108 valence electrons. The van der Waals surface area contributed by atoms with Gasteiger partial charge in [0.15, 0.2) is 11.6 Å². The Kier molecular flexibility index (Phi) is 8.02. The Labute approximate surface area is 122 Å². The average Bonchev–Trinajstić information content (AvgIpc) is 2.38. The van der Waals surface area contributed by atoms with Crippen LogP contribution in [0.3, 0.4) is 0 Å². The maximum atomic E-state index is 13.5. The third-order valence-electron chi connectivity index (χ3n) is 2.50. The summed E-state index contributed by atoms with van der Waals surface area (Å²) in [6.45, 7) is 6.96. The Morgan fingerprint density at radius 2 is 2.21 bits per heavy atom. The average molecular weight is 334 g/mol. The van der Waals surface area contributed by atoms with Gasteiger partial charge in [-0.2, -0.15) is 0 Å². The van der Waals surface area contributed by atoms with Gasteiger partial charge in [-0.05, 0) is 45.0 Å². The van der Waals surface area contributed by atoms with Crippen LogP contribution >= 0.6 is 15.9 Å². The Balaban J connectivity index is 2.23. The largest absolute Gasteiger partial charge is 0.486 e. The van der Waals surface area contributed by atoms with E-state index in [1.165, 1.54) is 6.07 Å². The molecule has 19 heavy (non-hydrogen) atoms. The molecule has 1 atom stereocenters. The van der Waals surface area contributed by atoms with Crippen molar-refractivity contribution in [3.8, 4) is 5.75 Å². The fourth-order valence-electron chi connectivity index (χ4n) is 1.57. The minimum absolute atomic E-state index is 0.0871. The van der Waals surface area contributed by atoms with Crippen molar-refractivity contribution >= 4 is 15.9 Å². The van der Waals surface area contributed by atoms with Gasteiger partial charge in [0.1, 0.15) is 6.10 Å². The van der Waals surface area contributed by atoms with Crippen molar-refractivity contribution < 1.29 is 13.9 Å². The lowest BCUT2D eigenvalue weighted by Gasteiger charge is -2.16. The van der Waals surface area contributed by atoms with Gasteiger partial charge in [0.05, 0.1) is 0 Å². The molecule has 0 amide bonds. The first kappa shape index (κ1) is 16.4. The maximum absolute atomic E-state index is 13.5. The molecule has 0 fully saturated rings. The predicted octanol–water partition coefficient (Wildman–Crippen LogP) is 3.37. The third kappa shape index (κ3) is 6.89. The second kappa shape index (κ2) is 9.28. The fraction of sp³-hybridized carbons (Fsp3) is 0.571. The van der Waals surface area contributed by atoms with E-state index >= 15 is 0 Å². The number of nitrogens with one attached hydrogen (secondary N) is 1. The van der Waals surface area contributed by atoms with Crippen LogP contribution in [0.1, 0.15) is 20.3 Å². The van der Waals surface area contributed by atoms with Gasteiger partial charge in [-0.1, -0.05) is 15.9 Å². The summed E-state index contributed by atoms with van der Waals surface area (Å²) in [5, 5.41) is 3.26. The molecule has 0 aliphatic heterocycles. The van der Waals surface area contributed by atoms with Crippen molar-refractivity contribution in [1.82, 2.24) is 5.32 Å². The molecule has 0 heterocycles. The van der Waals surface area contributed by atoms with Crippen molar-refractivity contribution in [2.75, 3.05) is 26.3 Å². The minimum Gasteiger partial charge on any atom is -0.486 e. The highest BCUT2D eigenvalue weighted by molar-refractivity contribution is 9.10. The maximum Gasteiger partial charge on any atom is 0.165 e. The molecule has 3 nitrogen and oxygen atoms in total. The van der Waals surface area contributed by atoms with Gasteiger partial charge in [-0.25, -0.2) is 4.39 Å². The van der Waals surface area contributed by atoms with Crippen LogP contribution in [0.25, 0.3) is 0 Å². The lowest BCUT2D eigenvalue weighted by Crippen LogP contribution is -2.30. The van der Waals surface area contributed by atoms with Crippen LogP contribution < -0.4 is 10.1 Å². The smallest absolute Gasteiger partial charge is 0.165 e. The standard InChI is InChI=1S/C14H21BrFNO2/c1-3-18-8-4-7-17-10-11(2)19-14-9-12(15)5-6-13(14)16/h5-6,9,11,17H,3-4,7-8,10H2,1-2H3. The molecule has 1 unspecified atom stereocenters. The SMILES string of the molecule is CCOCCCNCC(C)Oc1cc(Br)ccc1F. The van der Waals surface area contributed by atoms with Crippen molar-refractivity contribution in [2.45, 2.75) is 26.4 Å². The number of benzene rings is 1. The van der Waals surface area contributed by atoms with Crippen LogP contribution in [0.5, 0.6) is 5.75 Å². The van der Waals surface area contributed by atoms with Crippen LogP contribution in [0.2, 0.25) is 0 Å². The molecule has 0 aliphatic rings. The quantitative estimate of drug-likeness (QED) is 0.703. The molecule has 1 aromatic rings. The normalized spacial score (nSPS) is 12.4. The Morgan fingerprint density at radius 3 is 2.95 bits per heavy atom. The molecular weight excluding hydrogens is 313 g/mol. The van der Waals surface area contributed by atoms with E-state index in [0.29, 0.717) is 6.54 Å². The van der Waals surface area contributed by atoms with Crippen molar-refractivity contribution in [3.63, 3.8) is 0 Å². The Hall–Kier alpha value is -0.650. The minimum atomic E-state index is -0.341. The molecule has 0 radical (unpaired) electrons. The highest BCUT2D eigenvalue weighted by atomic mass is 79.9. The highest BCUT2D eigenvalue weighted by Gasteiger charge is 2.08. The summed E-state index contributed by atoms with van der Waals surface area (Å²) in [7, 11) is 0. The molecule has 1 rings (SSSR count). The van der Waals surface area contributed by atoms with Gasteiger partial charge in [-0.15, -0.1) is 0 Å². The van der Waals surface area contributed by atoms with E-state index in [2.05, 4.69) is 21.2 Å². The molecular formula is C14H21BrFNO2. The van der Waals surface area contributed by atoms with Gasteiger partial charge >= 0.3 is 0 Å². The van der Waals surface area contributed by atoms with Crippen molar-refractivity contribution in [3.05, 3.63) is 28.5 Å². The van der Waals surface area contributed by atoms with Crippen molar-refractivity contribution in [2.24, 2.45) is 0 Å². The number of rotatable bonds is 9. The molecule has 5 heteroatoms. The number of hydrogen-bond donors (Lipinski definition) is 1. The van der Waals surface area contributed by atoms with Gasteiger partial charge in [0.2, 0.25) is 0 Å². The summed E-state index contributed by atoms with van der Waals surface area (Å²) in [4.78, 5) is 0. The lowest BCUT2D eigenvalue weighted by atomic mass is 10.3. The van der Waals surface area contributed by atoms with Gasteiger partial charge in [0.25, 0.3) is 0 Å². The monoisotopic (exact) mass is 333 g/mol. The van der Waals surface area contributed by atoms with E-state index in [9.17, 15) is 4.39 Å². The fourth-order valence-corrected chi connectivity index (χ4v) is 1.91. The molecule has 0 saturated carbocycles. The van der Waals surface area contributed by atoms with Gasteiger partial charge in [-0.3, -0.25) is 0 Å². The molecule has 1 N–H and O–H groups in total. The zero-order chi connectivity index (χ0) is 14.1. The molecule has 0 spiro atoms. The number of hydrogen-bond acceptors (Lipinski definition) is 3. The second-order valence-corrected chi connectivity index (χ2v) is 5.17. The Morgan fingerprint density at radius 1 is 1.42 bits per heavy atom. The summed E-state index contributed by atoms with van der Waals surface area (Å²) in [5.41, 5.74) is 0. The zero-order valence-electron chi connectivity index (χ0n) is 11.4. The van der Waals surface area contributed by atoms with Gasteiger partial charge < -0.3 is 14.8 Å². The predicted molar refractivity (Wildman–Crippen MR) is 78.2 cm³/mol. The first-order valence-electron chi connectivity index (χ1n) is 6.53. The molecule has 0 aromatic heterocycles. The number of halogens is 2. The van der Waals surface area contributed by atoms with Crippen LogP contribution in [-0.2, 0) is 4.74 Å². The lowest BCUT2D eigenvalue weighted by molar-refractivity contribution is 0.143. The second-order valence-electron chi connectivity index (χ2n) is 4.26. The summed E-state index contributed by atoms with van der Waals surface area (Å²) >= 11 is 3.30. The van der Waals surface area contributed by atoms with E-state index in [1.54, 1.807) is 12.1 Å². The number of ether oxygens (including phenoxy) is 2. The topological polar surface area (TPSA) is 30.5 Å². The summed E-state index contributed by atoms with van der Waals surface area (Å²) in [6.07, 6.45) is 0.877. The zero-order valence-corrected chi connectivity index (χ0v) is 13.0. The Bertz CT molecular complexity index is 376. The summed E-state index contributed by atoms with van der Waals surface area (Å²) in [5.74, 6) is -0.0654. The molecule has 0 bridgehead atoms. The third-order valence-corrected chi connectivity index (χ3v) is 2.99. The van der Waals surface area contributed by atoms with E-state index in [1.807, 2.05) is 13.8 Å². The van der Waals surface area contributed by atoms with Crippen LogP contribution in [0.4, 0.5) is 4.39 Å².